The van der Waals surface area contributed by atoms with Gasteiger partial charge < -0.3 is 14.6 Å². The molecule has 3 nitrogen and oxygen atoms in total. The van der Waals surface area contributed by atoms with E-state index in [4.69, 9.17) is 9.47 Å². The summed E-state index contributed by atoms with van der Waals surface area (Å²) >= 11 is 0. The normalized spacial score (nSPS) is 48.5. The van der Waals surface area contributed by atoms with Crippen molar-refractivity contribution >= 4 is 0 Å². The van der Waals surface area contributed by atoms with E-state index in [9.17, 15) is 5.11 Å². The van der Waals surface area contributed by atoms with Crippen LogP contribution in [0, 0.1) is 0 Å². The van der Waals surface area contributed by atoms with Crippen LogP contribution in [0.25, 0.3) is 0 Å². The summed E-state index contributed by atoms with van der Waals surface area (Å²) in [6.07, 6.45) is 3.46. The lowest BCUT2D eigenvalue weighted by Crippen LogP contribution is -2.44. The Morgan fingerprint density at radius 3 is 2.75 bits per heavy atom. The van der Waals surface area contributed by atoms with Gasteiger partial charge in [-0.15, -0.1) is 0 Å². The molecule has 2 fully saturated rings. The van der Waals surface area contributed by atoms with Crippen molar-refractivity contribution in [1.29, 1.82) is 0 Å². The largest absolute Gasteiger partial charge is 0.387 e. The lowest BCUT2D eigenvalue weighted by molar-refractivity contribution is -0.272. The first-order valence-corrected chi connectivity index (χ1v) is 4.73. The fourth-order valence-electron chi connectivity index (χ4n) is 2.11. The van der Waals surface area contributed by atoms with Crippen molar-refractivity contribution in [2.45, 2.75) is 50.6 Å². The van der Waals surface area contributed by atoms with Crippen molar-refractivity contribution in [3.8, 4) is 0 Å². The summed E-state index contributed by atoms with van der Waals surface area (Å²) in [5, 5.41) is 9.72. The molecular formula is C9H16O3. The predicted molar refractivity (Wildman–Crippen MR) is 43.7 cm³/mol. The minimum absolute atomic E-state index is 0.137. The Bertz CT molecular complexity index is 163. The maximum absolute atomic E-state index is 9.72. The molecule has 2 saturated heterocycles. The minimum atomic E-state index is -0.641. The third-order valence-electron chi connectivity index (χ3n) is 2.73. The standard InChI is InChI=1S/C9H16O3/c1-7-6-8(10)9(12-7)4-2-3-5-11-9/h7-8,10H,2-6H2,1H3/t7-,8-,9+/m0/s1. The van der Waals surface area contributed by atoms with Gasteiger partial charge in [-0.2, -0.15) is 0 Å². The number of aliphatic hydroxyl groups is 1. The molecule has 2 heterocycles. The summed E-state index contributed by atoms with van der Waals surface area (Å²) in [6.45, 7) is 2.71. The molecule has 2 aliphatic heterocycles. The van der Waals surface area contributed by atoms with Gasteiger partial charge in [-0.3, -0.25) is 0 Å². The molecule has 1 spiro atoms. The van der Waals surface area contributed by atoms with Crippen molar-refractivity contribution in [2.24, 2.45) is 0 Å². The third-order valence-corrected chi connectivity index (χ3v) is 2.73. The molecule has 0 radical (unpaired) electrons. The lowest BCUT2D eigenvalue weighted by atomic mass is 10.00. The maximum atomic E-state index is 9.72. The third kappa shape index (κ3) is 1.26. The topological polar surface area (TPSA) is 38.7 Å². The van der Waals surface area contributed by atoms with Crippen LogP contribution in [0.3, 0.4) is 0 Å². The number of aliphatic hydroxyl groups excluding tert-OH is 1. The van der Waals surface area contributed by atoms with Gasteiger partial charge in [0, 0.05) is 12.8 Å². The van der Waals surface area contributed by atoms with Gasteiger partial charge in [0.15, 0.2) is 5.79 Å². The molecule has 0 aromatic rings. The highest BCUT2D eigenvalue weighted by Crippen LogP contribution is 2.38. The van der Waals surface area contributed by atoms with Crippen LogP contribution in [0.5, 0.6) is 0 Å². The summed E-state index contributed by atoms with van der Waals surface area (Å²) in [4.78, 5) is 0. The van der Waals surface area contributed by atoms with Crippen LogP contribution in [0.1, 0.15) is 32.6 Å². The van der Waals surface area contributed by atoms with Crippen LogP contribution in [-0.2, 0) is 9.47 Å². The molecule has 12 heavy (non-hydrogen) atoms. The molecule has 0 aromatic carbocycles. The van der Waals surface area contributed by atoms with Crippen molar-refractivity contribution in [3.05, 3.63) is 0 Å². The van der Waals surface area contributed by atoms with Gasteiger partial charge in [-0.1, -0.05) is 0 Å². The Balaban J connectivity index is 2.08. The molecule has 0 aliphatic carbocycles. The van der Waals surface area contributed by atoms with E-state index >= 15 is 0 Å². The van der Waals surface area contributed by atoms with E-state index < -0.39 is 11.9 Å². The molecule has 0 bridgehead atoms. The number of rotatable bonds is 0. The molecule has 2 rings (SSSR count). The Morgan fingerprint density at radius 2 is 2.25 bits per heavy atom. The van der Waals surface area contributed by atoms with Crippen LogP contribution in [0.4, 0.5) is 0 Å². The van der Waals surface area contributed by atoms with E-state index in [1.165, 1.54) is 0 Å². The van der Waals surface area contributed by atoms with Gasteiger partial charge >= 0.3 is 0 Å². The quantitative estimate of drug-likeness (QED) is 0.593. The predicted octanol–water partition coefficient (Wildman–Crippen LogP) is 1.05. The molecule has 3 heteroatoms. The first-order chi connectivity index (χ1) is 5.73. The maximum Gasteiger partial charge on any atom is 0.194 e. The zero-order chi connectivity index (χ0) is 8.60. The van der Waals surface area contributed by atoms with E-state index in [0.29, 0.717) is 6.42 Å². The number of hydrogen-bond donors (Lipinski definition) is 1. The molecule has 1 N–H and O–H groups in total. The van der Waals surface area contributed by atoms with Gasteiger partial charge in [-0.05, 0) is 19.8 Å². The van der Waals surface area contributed by atoms with E-state index in [2.05, 4.69) is 0 Å². The molecule has 70 valence electrons. The second-order valence-corrected chi connectivity index (χ2v) is 3.80. The van der Waals surface area contributed by atoms with E-state index in [-0.39, 0.29) is 6.10 Å². The summed E-state index contributed by atoms with van der Waals surface area (Å²) in [6, 6.07) is 0. The molecule has 3 atom stereocenters. The average Bonchev–Trinajstić information content (AvgIpc) is 2.29. The summed E-state index contributed by atoms with van der Waals surface area (Å²) in [5.74, 6) is -0.641. The van der Waals surface area contributed by atoms with Gasteiger partial charge in [0.05, 0.1) is 12.7 Å². The highest BCUT2D eigenvalue weighted by Gasteiger charge is 2.48. The van der Waals surface area contributed by atoms with Crippen molar-refractivity contribution in [1.82, 2.24) is 0 Å². The van der Waals surface area contributed by atoms with E-state index in [0.717, 1.165) is 25.9 Å². The zero-order valence-corrected chi connectivity index (χ0v) is 7.45. The molecule has 0 aromatic heterocycles. The van der Waals surface area contributed by atoms with Gasteiger partial charge in [-0.25, -0.2) is 0 Å². The minimum Gasteiger partial charge on any atom is -0.387 e. The Hall–Kier alpha value is -0.120. The molecule has 0 amide bonds. The number of hydrogen-bond acceptors (Lipinski definition) is 3. The zero-order valence-electron chi connectivity index (χ0n) is 7.45. The fourth-order valence-corrected chi connectivity index (χ4v) is 2.11. The van der Waals surface area contributed by atoms with Gasteiger partial charge in [0.25, 0.3) is 0 Å². The highest BCUT2D eigenvalue weighted by atomic mass is 16.7. The van der Waals surface area contributed by atoms with Crippen LogP contribution in [-0.4, -0.2) is 29.7 Å². The second kappa shape index (κ2) is 2.98. The molecule has 0 saturated carbocycles. The van der Waals surface area contributed by atoms with Gasteiger partial charge in [0.2, 0.25) is 0 Å². The smallest absolute Gasteiger partial charge is 0.194 e. The van der Waals surface area contributed by atoms with Crippen molar-refractivity contribution < 1.29 is 14.6 Å². The molecular weight excluding hydrogens is 156 g/mol. The molecule has 2 aliphatic rings. The first-order valence-electron chi connectivity index (χ1n) is 4.73. The summed E-state index contributed by atoms with van der Waals surface area (Å²) in [7, 11) is 0. The SMILES string of the molecule is C[C@H]1C[C@H](O)[C@@]2(CCCCO2)O1. The van der Waals surface area contributed by atoms with Crippen molar-refractivity contribution in [2.75, 3.05) is 6.61 Å². The van der Waals surface area contributed by atoms with Crippen LogP contribution >= 0.6 is 0 Å². The van der Waals surface area contributed by atoms with Gasteiger partial charge in [0.1, 0.15) is 6.10 Å². The lowest BCUT2D eigenvalue weighted by Gasteiger charge is -2.35. The Labute approximate surface area is 72.7 Å². The van der Waals surface area contributed by atoms with Crippen LogP contribution in [0.15, 0.2) is 0 Å². The molecule has 0 unspecified atom stereocenters. The Morgan fingerprint density at radius 1 is 1.42 bits per heavy atom. The monoisotopic (exact) mass is 172 g/mol. The fraction of sp³-hybridized carbons (Fsp3) is 1.00. The Kier molecular flexibility index (Phi) is 2.10. The summed E-state index contributed by atoms with van der Waals surface area (Å²) < 4.78 is 11.2. The second-order valence-electron chi connectivity index (χ2n) is 3.80. The highest BCUT2D eigenvalue weighted by molar-refractivity contribution is 4.89. The average molecular weight is 172 g/mol. The summed E-state index contributed by atoms with van der Waals surface area (Å²) in [5.41, 5.74) is 0. The van der Waals surface area contributed by atoms with Crippen molar-refractivity contribution in [3.63, 3.8) is 0 Å². The number of ether oxygens (including phenoxy) is 2. The van der Waals surface area contributed by atoms with E-state index in [1.807, 2.05) is 6.92 Å². The van der Waals surface area contributed by atoms with Crippen LogP contribution in [0.2, 0.25) is 0 Å². The first kappa shape index (κ1) is 8.48. The van der Waals surface area contributed by atoms with E-state index in [1.54, 1.807) is 0 Å². The van der Waals surface area contributed by atoms with Crippen LogP contribution < -0.4 is 0 Å².